The van der Waals surface area contributed by atoms with Crippen molar-refractivity contribution in [1.82, 2.24) is 9.88 Å². The first-order valence-electron chi connectivity index (χ1n) is 11.1. The molecule has 0 bridgehead atoms. The average Bonchev–Trinajstić information content (AvgIpc) is 3.16. The van der Waals surface area contributed by atoms with E-state index < -0.39 is 0 Å². The number of hydrogen-bond donors (Lipinski definition) is 1. The third-order valence-electron chi connectivity index (χ3n) is 5.99. The molecule has 1 N–H and O–H groups in total. The number of amides is 1. The molecule has 0 fully saturated rings. The molecular formula is C28H30N2O2. The zero-order valence-corrected chi connectivity index (χ0v) is 19.0. The predicted molar refractivity (Wildman–Crippen MR) is 130 cm³/mol. The fraction of sp³-hybridized carbons (Fsp3) is 0.250. The normalized spacial score (nSPS) is 11.0. The van der Waals surface area contributed by atoms with Crippen molar-refractivity contribution in [2.24, 2.45) is 0 Å². The van der Waals surface area contributed by atoms with Crippen LogP contribution in [0.4, 0.5) is 0 Å². The zero-order valence-electron chi connectivity index (χ0n) is 19.0. The van der Waals surface area contributed by atoms with Crippen LogP contribution in [0, 0.1) is 13.8 Å². The van der Waals surface area contributed by atoms with Crippen LogP contribution in [-0.2, 0) is 24.3 Å². The van der Waals surface area contributed by atoms with Gasteiger partial charge in [0.1, 0.15) is 5.75 Å². The molecule has 1 aromatic heterocycles. The summed E-state index contributed by atoms with van der Waals surface area (Å²) in [4.78, 5) is 12.5. The number of aromatic nitrogens is 1. The van der Waals surface area contributed by atoms with Gasteiger partial charge in [0.25, 0.3) is 0 Å². The van der Waals surface area contributed by atoms with Crippen LogP contribution in [-0.4, -0.2) is 17.6 Å². The van der Waals surface area contributed by atoms with Crippen molar-refractivity contribution in [3.05, 3.63) is 101 Å². The number of benzene rings is 3. The Morgan fingerprint density at radius 2 is 1.75 bits per heavy atom. The third kappa shape index (κ3) is 5.02. The van der Waals surface area contributed by atoms with Gasteiger partial charge in [-0.15, -0.1) is 0 Å². The molecule has 0 atom stereocenters. The molecule has 4 rings (SSSR count). The van der Waals surface area contributed by atoms with Crippen molar-refractivity contribution in [1.29, 1.82) is 0 Å². The third-order valence-corrected chi connectivity index (χ3v) is 5.99. The zero-order chi connectivity index (χ0) is 22.5. The molecular weight excluding hydrogens is 396 g/mol. The largest absolute Gasteiger partial charge is 0.497 e. The summed E-state index contributed by atoms with van der Waals surface area (Å²) >= 11 is 0. The van der Waals surface area contributed by atoms with E-state index in [1.54, 1.807) is 7.11 Å². The summed E-state index contributed by atoms with van der Waals surface area (Å²) in [6.45, 7) is 5.65. The second-order valence-corrected chi connectivity index (χ2v) is 8.35. The van der Waals surface area contributed by atoms with E-state index in [1.165, 1.54) is 33.2 Å². The lowest BCUT2D eigenvalue weighted by atomic mass is 10.1. The maximum Gasteiger partial charge on any atom is 0.220 e. The second-order valence-electron chi connectivity index (χ2n) is 8.35. The first-order chi connectivity index (χ1) is 15.5. The van der Waals surface area contributed by atoms with E-state index in [0.717, 1.165) is 24.3 Å². The van der Waals surface area contributed by atoms with Crippen molar-refractivity contribution in [2.45, 2.75) is 39.8 Å². The number of carbonyl (C=O) groups excluding carboxylic acids is 1. The lowest BCUT2D eigenvalue weighted by Gasteiger charge is -2.10. The minimum absolute atomic E-state index is 0.0622. The number of fused-ring (bicyclic) bond motifs is 1. The van der Waals surface area contributed by atoms with Gasteiger partial charge in [0.2, 0.25) is 5.91 Å². The molecule has 0 unspecified atom stereocenters. The first kappa shape index (κ1) is 21.7. The summed E-state index contributed by atoms with van der Waals surface area (Å²) < 4.78 is 7.49. The number of carbonyl (C=O) groups is 1. The molecule has 0 aliphatic rings. The van der Waals surface area contributed by atoms with Crippen LogP contribution in [0.3, 0.4) is 0 Å². The molecule has 0 saturated carbocycles. The van der Waals surface area contributed by atoms with E-state index in [2.05, 4.69) is 72.4 Å². The van der Waals surface area contributed by atoms with Crippen LogP contribution in [0.1, 0.15) is 34.2 Å². The van der Waals surface area contributed by atoms with Crippen molar-refractivity contribution >= 4 is 16.8 Å². The van der Waals surface area contributed by atoms with Crippen molar-refractivity contribution in [2.75, 3.05) is 7.11 Å². The number of nitrogens with one attached hydrogen (secondary N) is 1. The smallest absolute Gasteiger partial charge is 0.220 e. The van der Waals surface area contributed by atoms with Gasteiger partial charge in [-0.3, -0.25) is 4.79 Å². The van der Waals surface area contributed by atoms with Crippen LogP contribution >= 0.6 is 0 Å². The Bertz CT molecular complexity index is 1220. The van der Waals surface area contributed by atoms with Gasteiger partial charge in [-0.2, -0.15) is 0 Å². The number of ether oxygens (including phenoxy) is 1. The van der Waals surface area contributed by atoms with E-state index >= 15 is 0 Å². The van der Waals surface area contributed by atoms with E-state index in [0.29, 0.717) is 13.0 Å². The Kier molecular flexibility index (Phi) is 6.60. The van der Waals surface area contributed by atoms with Gasteiger partial charge in [-0.1, -0.05) is 54.1 Å². The SMILES string of the molecule is COc1ccc(CNC(=O)CCc2cn(Cc3cc(C)ccc3C)c3ccccc23)cc1. The van der Waals surface area contributed by atoms with E-state index in [-0.39, 0.29) is 5.91 Å². The molecule has 0 spiro atoms. The van der Waals surface area contributed by atoms with Crippen LogP contribution in [0.2, 0.25) is 0 Å². The van der Waals surface area contributed by atoms with Crippen molar-refractivity contribution in [3.8, 4) is 5.75 Å². The standard InChI is InChI=1S/C28H30N2O2/c1-20-8-9-21(2)24(16-20)19-30-18-23(26-6-4-5-7-27(26)30)12-15-28(31)29-17-22-10-13-25(32-3)14-11-22/h4-11,13-14,16,18H,12,15,17,19H2,1-3H3,(H,29,31). The topological polar surface area (TPSA) is 43.3 Å². The molecule has 1 heterocycles. The van der Waals surface area contributed by atoms with Gasteiger partial charge in [0.15, 0.2) is 0 Å². The van der Waals surface area contributed by atoms with Crippen LogP contribution in [0.25, 0.3) is 10.9 Å². The lowest BCUT2D eigenvalue weighted by molar-refractivity contribution is -0.121. The van der Waals surface area contributed by atoms with E-state index in [1.807, 2.05) is 24.3 Å². The van der Waals surface area contributed by atoms with E-state index in [4.69, 9.17) is 4.74 Å². The Morgan fingerprint density at radius 3 is 2.53 bits per heavy atom. The molecule has 32 heavy (non-hydrogen) atoms. The fourth-order valence-corrected chi connectivity index (χ4v) is 4.09. The summed E-state index contributed by atoms with van der Waals surface area (Å²) in [6, 6.07) is 22.8. The maximum absolute atomic E-state index is 12.5. The summed E-state index contributed by atoms with van der Waals surface area (Å²) in [7, 11) is 1.65. The van der Waals surface area contributed by atoms with Crippen LogP contribution < -0.4 is 10.1 Å². The summed E-state index contributed by atoms with van der Waals surface area (Å²) in [6.07, 6.45) is 3.39. The number of para-hydroxylation sites is 1. The molecule has 4 heteroatoms. The molecule has 0 aliphatic heterocycles. The quantitative estimate of drug-likeness (QED) is 0.401. The lowest BCUT2D eigenvalue weighted by Crippen LogP contribution is -2.22. The van der Waals surface area contributed by atoms with Gasteiger partial charge < -0.3 is 14.6 Å². The molecule has 0 saturated heterocycles. The van der Waals surface area contributed by atoms with Gasteiger partial charge >= 0.3 is 0 Å². The highest BCUT2D eigenvalue weighted by Crippen LogP contribution is 2.24. The van der Waals surface area contributed by atoms with Crippen LogP contribution in [0.15, 0.2) is 72.9 Å². The van der Waals surface area contributed by atoms with Crippen LogP contribution in [0.5, 0.6) is 5.75 Å². The molecule has 0 radical (unpaired) electrons. The average molecular weight is 427 g/mol. The Hall–Kier alpha value is -3.53. The molecule has 3 aromatic carbocycles. The fourth-order valence-electron chi connectivity index (χ4n) is 4.09. The van der Waals surface area contributed by atoms with Crippen molar-refractivity contribution in [3.63, 3.8) is 0 Å². The highest BCUT2D eigenvalue weighted by atomic mass is 16.5. The van der Waals surface area contributed by atoms with Crippen molar-refractivity contribution < 1.29 is 9.53 Å². The minimum atomic E-state index is 0.0622. The maximum atomic E-state index is 12.5. The highest BCUT2D eigenvalue weighted by Gasteiger charge is 2.11. The first-order valence-corrected chi connectivity index (χ1v) is 11.1. The van der Waals surface area contributed by atoms with Gasteiger partial charge in [0.05, 0.1) is 7.11 Å². The number of methoxy groups -OCH3 is 1. The Morgan fingerprint density at radius 1 is 0.969 bits per heavy atom. The number of aryl methyl sites for hydroxylation is 3. The number of nitrogens with zero attached hydrogens (tertiary/aromatic N) is 1. The van der Waals surface area contributed by atoms with E-state index in [9.17, 15) is 4.79 Å². The number of rotatable bonds is 8. The molecule has 164 valence electrons. The molecule has 4 aromatic rings. The van der Waals surface area contributed by atoms with Gasteiger partial charge in [-0.25, -0.2) is 0 Å². The monoisotopic (exact) mass is 426 g/mol. The van der Waals surface area contributed by atoms with Gasteiger partial charge in [-0.05, 0) is 60.7 Å². The Balaban J connectivity index is 1.43. The Labute approximate surface area is 189 Å². The summed E-state index contributed by atoms with van der Waals surface area (Å²) in [5.41, 5.74) is 7.38. The molecule has 4 nitrogen and oxygen atoms in total. The molecule has 1 amide bonds. The minimum Gasteiger partial charge on any atom is -0.497 e. The summed E-state index contributed by atoms with van der Waals surface area (Å²) in [5, 5.41) is 4.25. The predicted octanol–water partition coefficient (Wildman–Crippen LogP) is 5.56. The number of hydrogen-bond acceptors (Lipinski definition) is 2. The molecule has 0 aliphatic carbocycles. The van der Waals surface area contributed by atoms with Gasteiger partial charge in [0, 0.05) is 36.6 Å². The second kappa shape index (κ2) is 9.73. The summed E-state index contributed by atoms with van der Waals surface area (Å²) in [5.74, 6) is 0.879. The highest BCUT2D eigenvalue weighted by molar-refractivity contribution is 5.85.